The number of fused-ring (bicyclic) bond motifs is 1. The highest BCUT2D eigenvalue weighted by molar-refractivity contribution is 5.39. The van der Waals surface area contributed by atoms with Gasteiger partial charge in [0.05, 0.1) is 6.61 Å². The van der Waals surface area contributed by atoms with Crippen molar-refractivity contribution in [3.63, 3.8) is 0 Å². The molecule has 1 fully saturated rings. The van der Waals surface area contributed by atoms with Crippen LogP contribution in [0.3, 0.4) is 0 Å². The second-order valence-corrected chi connectivity index (χ2v) is 5.68. The number of nitrogens with one attached hydrogen (secondary N) is 1. The van der Waals surface area contributed by atoms with E-state index in [9.17, 15) is 5.11 Å². The van der Waals surface area contributed by atoms with Crippen molar-refractivity contribution < 1.29 is 9.84 Å². The predicted octanol–water partition coefficient (Wildman–Crippen LogP) is 2.40. The Balaban J connectivity index is 1.87. The van der Waals surface area contributed by atoms with Crippen molar-refractivity contribution in [2.75, 3.05) is 6.61 Å². The molecule has 98 valence electrons. The Labute approximate surface area is 108 Å². The van der Waals surface area contributed by atoms with Crippen LogP contribution in [0.1, 0.15) is 44.2 Å². The van der Waals surface area contributed by atoms with Crippen LogP contribution in [0.5, 0.6) is 5.75 Å². The lowest BCUT2D eigenvalue weighted by atomic mass is 9.73. The highest BCUT2D eigenvalue weighted by Gasteiger charge is 2.45. The average molecular weight is 247 g/mol. The van der Waals surface area contributed by atoms with Crippen molar-refractivity contribution in [3.8, 4) is 5.75 Å². The molecule has 3 nitrogen and oxygen atoms in total. The van der Waals surface area contributed by atoms with Crippen LogP contribution in [-0.2, 0) is 0 Å². The SMILES string of the molecule is C[C@H](CO)NC1CC2(CCC2)Oc2ccccc21. The summed E-state index contributed by atoms with van der Waals surface area (Å²) in [6, 6.07) is 8.70. The van der Waals surface area contributed by atoms with E-state index in [-0.39, 0.29) is 18.2 Å². The van der Waals surface area contributed by atoms with Crippen molar-refractivity contribution in [1.82, 2.24) is 5.32 Å². The molecule has 2 aliphatic rings. The molecule has 1 saturated carbocycles. The predicted molar refractivity (Wildman–Crippen MR) is 70.7 cm³/mol. The fourth-order valence-electron chi connectivity index (χ4n) is 3.04. The summed E-state index contributed by atoms with van der Waals surface area (Å²) in [6.45, 7) is 2.19. The van der Waals surface area contributed by atoms with Crippen molar-refractivity contribution in [2.45, 2.75) is 50.3 Å². The van der Waals surface area contributed by atoms with Gasteiger partial charge in [-0.15, -0.1) is 0 Å². The molecule has 0 saturated heterocycles. The molecule has 2 atom stereocenters. The van der Waals surface area contributed by atoms with Crippen LogP contribution in [-0.4, -0.2) is 23.4 Å². The van der Waals surface area contributed by atoms with Gasteiger partial charge in [-0.05, 0) is 32.3 Å². The Hall–Kier alpha value is -1.06. The van der Waals surface area contributed by atoms with Crippen LogP contribution in [0.4, 0.5) is 0 Å². The smallest absolute Gasteiger partial charge is 0.124 e. The molecule has 1 spiro atoms. The number of para-hydroxylation sites is 1. The summed E-state index contributed by atoms with van der Waals surface area (Å²) in [6.07, 6.45) is 4.61. The van der Waals surface area contributed by atoms with E-state index in [0.717, 1.165) is 25.0 Å². The van der Waals surface area contributed by atoms with Gasteiger partial charge < -0.3 is 15.2 Å². The van der Waals surface area contributed by atoms with E-state index in [4.69, 9.17) is 4.74 Å². The van der Waals surface area contributed by atoms with E-state index < -0.39 is 0 Å². The van der Waals surface area contributed by atoms with E-state index in [0.29, 0.717) is 6.04 Å². The third-order valence-electron chi connectivity index (χ3n) is 4.22. The maximum Gasteiger partial charge on any atom is 0.124 e. The minimum absolute atomic E-state index is 0.0567. The van der Waals surface area contributed by atoms with Gasteiger partial charge in [0, 0.05) is 24.1 Å². The number of rotatable bonds is 3. The molecule has 1 aliphatic carbocycles. The number of aliphatic hydroxyl groups excluding tert-OH is 1. The highest BCUT2D eigenvalue weighted by Crippen LogP contribution is 2.48. The molecule has 2 N–H and O–H groups in total. The first-order chi connectivity index (χ1) is 8.72. The summed E-state index contributed by atoms with van der Waals surface area (Å²) in [7, 11) is 0. The van der Waals surface area contributed by atoms with Gasteiger partial charge in [0.15, 0.2) is 0 Å². The van der Waals surface area contributed by atoms with Gasteiger partial charge in [0.1, 0.15) is 11.4 Å². The van der Waals surface area contributed by atoms with Crippen molar-refractivity contribution in [3.05, 3.63) is 29.8 Å². The van der Waals surface area contributed by atoms with Crippen molar-refractivity contribution in [2.24, 2.45) is 0 Å². The first kappa shape index (κ1) is 12.0. The summed E-state index contributed by atoms with van der Waals surface area (Å²) in [5.41, 5.74) is 1.29. The summed E-state index contributed by atoms with van der Waals surface area (Å²) >= 11 is 0. The van der Waals surface area contributed by atoms with Gasteiger partial charge in [0.25, 0.3) is 0 Å². The number of ether oxygens (including phenoxy) is 1. The largest absolute Gasteiger partial charge is 0.487 e. The van der Waals surface area contributed by atoms with E-state index >= 15 is 0 Å². The third-order valence-corrected chi connectivity index (χ3v) is 4.22. The molecule has 0 radical (unpaired) electrons. The first-order valence-corrected chi connectivity index (χ1v) is 6.87. The van der Waals surface area contributed by atoms with Crippen LogP contribution < -0.4 is 10.1 Å². The minimum atomic E-state index is 0.0567. The first-order valence-electron chi connectivity index (χ1n) is 6.87. The Morgan fingerprint density at radius 2 is 2.22 bits per heavy atom. The molecule has 1 heterocycles. The average Bonchev–Trinajstić information content (AvgIpc) is 2.36. The molecule has 1 aromatic carbocycles. The zero-order valence-corrected chi connectivity index (χ0v) is 10.9. The number of benzene rings is 1. The van der Waals surface area contributed by atoms with Crippen LogP contribution >= 0.6 is 0 Å². The molecular weight excluding hydrogens is 226 g/mol. The molecule has 1 aromatic rings. The lowest BCUT2D eigenvalue weighted by Gasteiger charge is -2.48. The fraction of sp³-hybridized carbons (Fsp3) is 0.600. The van der Waals surface area contributed by atoms with Crippen molar-refractivity contribution >= 4 is 0 Å². The van der Waals surface area contributed by atoms with E-state index in [1.807, 2.05) is 13.0 Å². The summed E-state index contributed by atoms with van der Waals surface area (Å²) in [5, 5.41) is 12.7. The zero-order chi connectivity index (χ0) is 12.6. The molecule has 1 unspecified atom stereocenters. The minimum Gasteiger partial charge on any atom is -0.487 e. The monoisotopic (exact) mass is 247 g/mol. The van der Waals surface area contributed by atoms with Crippen LogP contribution in [0.25, 0.3) is 0 Å². The number of hydrogen-bond acceptors (Lipinski definition) is 3. The second kappa shape index (κ2) is 4.56. The molecule has 0 amide bonds. The van der Waals surface area contributed by atoms with Crippen molar-refractivity contribution in [1.29, 1.82) is 0 Å². The molecule has 18 heavy (non-hydrogen) atoms. The Kier molecular flexibility index (Phi) is 3.04. The van der Waals surface area contributed by atoms with Crippen LogP contribution in [0.2, 0.25) is 0 Å². The lowest BCUT2D eigenvalue weighted by molar-refractivity contribution is -0.0384. The maximum absolute atomic E-state index is 9.22. The van der Waals surface area contributed by atoms with Gasteiger partial charge >= 0.3 is 0 Å². The Bertz CT molecular complexity index is 428. The molecule has 0 aromatic heterocycles. The molecule has 3 rings (SSSR count). The second-order valence-electron chi connectivity index (χ2n) is 5.68. The summed E-state index contributed by atoms with van der Waals surface area (Å²) in [4.78, 5) is 0. The van der Waals surface area contributed by atoms with Gasteiger partial charge in [-0.3, -0.25) is 0 Å². The van der Waals surface area contributed by atoms with Crippen LogP contribution in [0, 0.1) is 0 Å². The number of aliphatic hydroxyl groups is 1. The Morgan fingerprint density at radius 1 is 1.44 bits per heavy atom. The molecule has 1 aliphatic heterocycles. The molecule has 3 heteroatoms. The Morgan fingerprint density at radius 3 is 2.89 bits per heavy atom. The van der Waals surface area contributed by atoms with Gasteiger partial charge in [-0.1, -0.05) is 18.2 Å². The topological polar surface area (TPSA) is 41.5 Å². The molecular formula is C15H21NO2. The normalized spacial score (nSPS) is 26.0. The summed E-state index contributed by atoms with van der Waals surface area (Å²) < 4.78 is 6.20. The summed E-state index contributed by atoms with van der Waals surface area (Å²) in [5.74, 6) is 1.02. The van der Waals surface area contributed by atoms with E-state index in [2.05, 4.69) is 23.5 Å². The number of hydrogen-bond donors (Lipinski definition) is 2. The quantitative estimate of drug-likeness (QED) is 0.862. The molecule has 0 bridgehead atoms. The fourth-order valence-corrected chi connectivity index (χ4v) is 3.04. The van der Waals surface area contributed by atoms with E-state index in [1.165, 1.54) is 12.0 Å². The highest BCUT2D eigenvalue weighted by atomic mass is 16.5. The van der Waals surface area contributed by atoms with E-state index in [1.54, 1.807) is 0 Å². The van der Waals surface area contributed by atoms with Gasteiger partial charge in [-0.25, -0.2) is 0 Å². The van der Waals surface area contributed by atoms with Gasteiger partial charge in [0.2, 0.25) is 0 Å². The lowest BCUT2D eigenvalue weighted by Crippen LogP contribution is -2.50. The van der Waals surface area contributed by atoms with Gasteiger partial charge in [-0.2, -0.15) is 0 Å². The standard InChI is InChI=1S/C15H21NO2/c1-11(10-17)16-13-9-15(7-4-8-15)18-14-6-3-2-5-12(13)14/h2-3,5-6,11,13,16-17H,4,7-10H2,1H3/t11-,13?/m1/s1. The van der Waals surface area contributed by atoms with Crippen LogP contribution in [0.15, 0.2) is 24.3 Å². The third kappa shape index (κ3) is 2.02. The maximum atomic E-state index is 9.22. The zero-order valence-electron chi connectivity index (χ0n) is 10.9.